The molecule has 8 nitrogen and oxygen atoms in total. The van der Waals surface area contributed by atoms with Crippen molar-refractivity contribution in [2.45, 2.75) is 33.6 Å². The van der Waals surface area contributed by atoms with E-state index in [1.165, 1.54) is 17.7 Å². The van der Waals surface area contributed by atoms with Gasteiger partial charge < -0.3 is 0 Å². The number of hydrogen-bond donors (Lipinski definition) is 1. The van der Waals surface area contributed by atoms with E-state index in [0.29, 0.717) is 11.8 Å². The fourth-order valence-electron chi connectivity index (χ4n) is 2.89. The molecule has 2 atom stereocenters. The first-order valence-corrected chi connectivity index (χ1v) is 8.20. The van der Waals surface area contributed by atoms with E-state index >= 15 is 0 Å². The van der Waals surface area contributed by atoms with Crippen LogP contribution in [0.3, 0.4) is 0 Å². The Kier molecular flexibility index (Phi) is 5.84. The average molecular weight is 346 g/mol. The SMILES string of the molecule is CC(C)C1=CCC(/C=N/Nc2ccc([N+](=O)[O-])cc2[N+](=O)[O-])C(C)C1. The van der Waals surface area contributed by atoms with Gasteiger partial charge in [0.15, 0.2) is 0 Å². The lowest BCUT2D eigenvalue weighted by Gasteiger charge is -2.27. The number of hydrogen-bond acceptors (Lipinski definition) is 6. The van der Waals surface area contributed by atoms with Crippen molar-refractivity contribution in [1.29, 1.82) is 0 Å². The van der Waals surface area contributed by atoms with Gasteiger partial charge in [-0.15, -0.1) is 0 Å². The predicted molar refractivity (Wildman–Crippen MR) is 96.7 cm³/mol. The summed E-state index contributed by atoms with van der Waals surface area (Å²) in [6.07, 6.45) is 5.92. The molecule has 0 saturated carbocycles. The topological polar surface area (TPSA) is 111 Å². The highest BCUT2D eigenvalue weighted by Crippen LogP contribution is 2.32. The van der Waals surface area contributed by atoms with Gasteiger partial charge in [0, 0.05) is 18.2 Å². The molecule has 2 rings (SSSR count). The molecule has 1 aromatic rings. The maximum atomic E-state index is 11.1. The van der Waals surface area contributed by atoms with Crippen LogP contribution in [0.2, 0.25) is 0 Å². The second-order valence-corrected chi connectivity index (χ2v) is 6.62. The Morgan fingerprint density at radius 2 is 2.00 bits per heavy atom. The number of non-ortho nitro benzene ring substituents is 1. The van der Waals surface area contributed by atoms with E-state index in [9.17, 15) is 20.2 Å². The van der Waals surface area contributed by atoms with Crippen LogP contribution in [0.1, 0.15) is 33.6 Å². The molecule has 0 bridgehead atoms. The molecule has 2 unspecified atom stereocenters. The summed E-state index contributed by atoms with van der Waals surface area (Å²) in [5.74, 6) is 1.24. The monoisotopic (exact) mass is 346 g/mol. The number of hydrazone groups is 1. The highest BCUT2D eigenvalue weighted by molar-refractivity contribution is 5.68. The standard InChI is InChI=1S/C17H22N4O4/c1-11(2)13-4-5-14(12(3)8-13)10-18-19-16-7-6-15(20(22)23)9-17(16)21(24)25/h4,6-7,9-12,14,19H,5,8H2,1-3H3/b18-10+. The first-order chi connectivity index (χ1) is 11.8. The molecule has 8 heteroatoms. The van der Waals surface area contributed by atoms with Crippen molar-refractivity contribution >= 4 is 23.3 Å². The third-order valence-corrected chi connectivity index (χ3v) is 4.52. The molecule has 134 valence electrons. The van der Waals surface area contributed by atoms with Crippen molar-refractivity contribution in [3.05, 3.63) is 50.1 Å². The molecule has 0 heterocycles. The van der Waals surface area contributed by atoms with Crippen LogP contribution in [-0.2, 0) is 0 Å². The third kappa shape index (κ3) is 4.62. The van der Waals surface area contributed by atoms with Crippen molar-refractivity contribution in [3.63, 3.8) is 0 Å². The smallest absolute Gasteiger partial charge is 0.272 e. The Balaban J connectivity index is 2.09. The number of benzene rings is 1. The molecule has 0 aliphatic heterocycles. The lowest BCUT2D eigenvalue weighted by Crippen LogP contribution is -2.19. The summed E-state index contributed by atoms with van der Waals surface area (Å²) in [4.78, 5) is 20.5. The van der Waals surface area contributed by atoms with Crippen molar-refractivity contribution in [1.82, 2.24) is 0 Å². The first-order valence-electron chi connectivity index (χ1n) is 8.20. The number of nitro benzene ring substituents is 2. The van der Waals surface area contributed by atoms with Crippen LogP contribution in [0, 0.1) is 38.0 Å². The van der Waals surface area contributed by atoms with Crippen LogP contribution in [0.15, 0.2) is 34.9 Å². The van der Waals surface area contributed by atoms with E-state index in [1.54, 1.807) is 6.21 Å². The molecular weight excluding hydrogens is 324 g/mol. The lowest BCUT2D eigenvalue weighted by molar-refractivity contribution is -0.393. The number of anilines is 1. The highest BCUT2D eigenvalue weighted by atomic mass is 16.6. The molecule has 0 fully saturated rings. The normalized spacial score (nSPS) is 20.6. The maximum absolute atomic E-state index is 11.1. The van der Waals surface area contributed by atoms with Crippen molar-refractivity contribution < 1.29 is 9.85 Å². The largest absolute Gasteiger partial charge is 0.301 e. The zero-order valence-corrected chi connectivity index (χ0v) is 14.5. The minimum Gasteiger partial charge on any atom is -0.272 e. The van der Waals surface area contributed by atoms with Crippen LogP contribution in [0.5, 0.6) is 0 Å². The minimum absolute atomic E-state index is 0.133. The second-order valence-electron chi connectivity index (χ2n) is 6.62. The summed E-state index contributed by atoms with van der Waals surface area (Å²) in [5, 5.41) is 26.0. The molecular formula is C17H22N4O4. The van der Waals surface area contributed by atoms with Gasteiger partial charge >= 0.3 is 5.69 Å². The molecule has 25 heavy (non-hydrogen) atoms. The summed E-state index contributed by atoms with van der Waals surface area (Å²) in [5.41, 5.74) is 3.54. The molecule has 0 amide bonds. The van der Waals surface area contributed by atoms with Gasteiger partial charge in [0.1, 0.15) is 5.69 Å². The fourth-order valence-corrected chi connectivity index (χ4v) is 2.89. The van der Waals surface area contributed by atoms with E-state index in [-0.39, 0.29) is 23.0 Å². The van der Waals surface area contributed by atoms with Gasteiger partial charge in [-0.05, 0) is 30.7 Å². The number of allylic oxidation sites excluding steroid dienone is 2. The molecule has 1 aliphatic carbocycles. The third-order valence-electron chi connectivity index (χ3n) is 4.52. The molecule has 0 spiro atoms. The molecule has 1 N–H and O–H groups in total. The summed E-state index contributed by atoms with van der Waals surface area (Å²) in [7, 11) is 0. The first kappa shape index (κ1) is 18.6. The van der Waals surface area contributed by atoms with E-state index < -0.39 is 9.85 Å². The Morgan fingerprint density at radius 3 is 2.56 bits per heavy atom. The molecule has 0 aromatic heterocycles. The number of nitrogens with one attached hydrogen (secondary N) is 1. The Bertz CT molecular complexity index is 727. The summed E-state index contributed by atoms with van der Waals surface area (Å²) in [6, 6.07) is 3.44. The van der Waals surface area contributed by atoms with Crippen LogP contribution in [-0.4, -0.2) is 16.1 Å². The van der Waals surface area contributed by atoms with Crippen LogP contribution >= 0.6 is 0 Å². The predicted octanol–water partition coefficient (Wildman–Crippen LogP) is 4.53. The molecule has 0 saturated heterocycles. The minimum atomic E-state index is -0.664. The van der Waals surface area contributed by atoms with Gasteiger partial charge in [-0.1, -0.05) is 32.4 Å². The zero-order valence-electron chi connectivity index (χ0n) is 14.5. The zero-order chi connectivity index (χ0) is 18.6. The Morgan fingerprint density at radius 1 is 1.28 bits per heavy atom. The molecule has 1 aliphatic rings. The van der Waals surface area contributed by atoms with Crippen LogP contribution < -0.4 is 5.43 Å². The van der Waals surface area contributed by atoms with Crippen LogP contribution in [0.4, 0.5) is 17.1 Å². The van der Waals surface area contributed by atoms with E-state index in [2.05, 4.69) is 37.4 Å². The van der Waals surface area contributed by atoms with Crippen molar-refractivity contribution in [2.24, 2.45) is 22.9 Å². The summed E-state index contributed by atoms with van der Waals surface area (Å²) < 4.78 is 0. The Labute approximate surface area is 145 Å². The number of nitro groups is 2. The summed E-state index contributed by atoms with van der Waals surface area (Å²) in [6.45, 7) is 6.53. The number of nitrogens with zero attached hydrogens (tertiary/aromatic N) is 3. The Hall–Kier alpha value is -2.77. The summed E-state index contributed by atoms with van der Waals surface area (Å²) >= 11 is 0. The van der Waals surface area contributed by atoms with Gasteiger partial charge in [-0.3, -0.25) is 25.7 Å². The maximum Gasteiger partial charge on any atom is 0.301 e. The van der Waals surface area contributed by atoms with Crippen molar-refractivity contribution in [3.8, 4) is 0 Å². The van der Waals surface area contributed by atoms with E-state index in [1.807, 2.05) is 0 Å². The van der Waals surface area contributed by atoms with Gasteiger partial charge in [-0.2, -0.15) is 5.10 Å². The average Bonchev–Trinajstić information content (AvgIpc) is 2.55. The van der Waals surface area contributed by atoms with Gasteiger partial charge in [0.25, 0.3) is 5.69 Å². The van der Waals surface area contributed by atoms with Gasteiger partial charge in [0.2, 0.25) is 0 Å². The fraction of sp³-hybridized carbons (Fsp3) is 0.471. The van der Waals surface area contributed by atoms with Gasteiger partial charge in [-0.25, -0.2) is 0 Å². The van der Waals surface area contributed by atoms with Crippen LogP contribution in [0.25, 0.3) is 0 Å². The van der Waals surface area contributed by atoms with E-state index in [4.69, 9.17) is 0 Å². The lowest BCUT2D eigenvalue weighted by atomic mass is 9.78. The molecule has 0 radical (unpaired) electrons. The second kappa shape index (κ2) is 7.87. The van der Waals surface area contributed by atoms with Gasteiger partial charge in [0.05, 0.1) is 15.9 Å². The van der Waals surface area contributed by atoms with E-state index in [0.717, 1.165) is 18.9 Å². The quantitative estimate of drug-likeness (QED) is 0.352. The highest BCUT2D eigenvalue weighted by Gasteiger charge is 2.22. The van der Waals surface area contributed by atoms with Crippen molar-refractivity contribution in [2.75, 3.05) is 5.43 Å². The number of rotatable bonds is 6. The molecule has 1 aromatic carbocycles.